The van der Waals surface area contributed by atoms with Gasteiger partial charge in [-0.1, -0.05) is 13.0 Å². The fourth-order valence-electron chi connectivity index (χ4n) is 2.13. The Bertz CT molecular complexity index is 524. The number of nitrogens with one attached hydrogen (secondary N) is 1. The molecule has 0 aromatic carbocycles. The Kier molecular flexibility index (Phi) is 5.55. The number of rotatable bonds is 6. The lowest BCUT2D eigenvalue weighted by molar-refractivity contribution is 0.527. The van der Waals surface area contributed by atoms with E-state index in [4.69, 9.17) is 0 Å². The molecule has 1 N–H and O–H groups in total. The van der Waals surface area contributed by atoms with E-state index < -0.39 is 0 Å². The summed E-state index contributed by atoms with van der Waals surface area (Å²) in [6.07, 6.45) is 4.00. The van der Waals surface area contributed by atoms with Crippen molar-refractivity contribution < 1.29 is 0 Å². The Morgan fingerprint density at radius 3 is 2.89 bits per heavy atom. The van der Waals surface area contributed by atoms with E-state index in [1.807, 2.05) is 12.3 Å². The Balaban J connectivity index is 2.21. The van der Waals surface area contributed by atoms with Crippen molar-refractivity contribution in [3.63, 3.8) is 0 Å². The largest absolute Gasteiger partial charge is 0.310 e. The number of nitrogens with zero attached hydrogens (tertiary/aromatic N) is 1. The summed E-state index contributed by atoms with van der Waals surface area (Å²) in [7, 11) is 0. The normalized spacial score (nSPS) is 12.6. The molecule has 2 rings (SSSR count). The van der Waals surface area contributed by atoms with Gasteiger partial charge >= 0.3 is 0 Å². The van der Waals surface area contributed by atoms with Gasteiger partial charge < -0.3 is 5.32 Å². The average Bonchev–Trinajstić information content (AvgIpc) is 2.81. The minimum absolute atomic E-state index is 0.337. The number of thiophene rings is 1. The topological polar surface area (TPSA) is 24.9 Å². The van der Waals surface area contributed by atoms with Crippen LogP contribution in [0.25, 0.3) is 0 Å². The van der Waals surface area contributed by atoms with Gasteiger partial charge in [0.1, 0.15) is 0 Å². The molecule has 19 heavy (non-hydrogen) atoms. The Hall–Kier alpha value is -0.710. The van der Waals surface area contributed by atoms with E-state index in [1.54, 1.807) is 11.3 Å². The van der Waals surface area contributed by atoms with Gasteiger partial charge in [0.15, 0.2) is 0 Å². The predicted octanol–water partition coefficient (Wildman–Crippen LogP) is 4.50. The standard InChI is InChI=1S/C15H19BrN2S/c1-3-7-18-14(10-15-13(16)6-9-19-15)12-5-4-8-17-11(12)2/h4-6,8-9,14,18H,3,7,10H2,1-2H3. The highest BCUT2D eigenvalue weighted by Crippen LogP contribution is 2.29. The van der Waals surface area contributed by atoms with Crippen molar-refractivity contribution in [1.29, 1.82) is 0 Å². The van der Waals surface area contributed by atoms with Gasteiger partial charge in [0.2, 0.25) is 0 Å². The zero-order valence-electron chi connectivity index (χ0n) is 11.3. The molecule has 2 nitrogen and oxygen atoms in total. The maximum Gasteiger partial charge on any atom is 0.0420 e. The van der Waals surface area contributed by atoms with Gasteiger partial charge in [-0.3, -0.25) is 4.98 Å². The Morgan fingerprint density at radius 2 is 2.26 bits per heavy atom. The number of hydrogen-bond acceptors (Lipinski definition) is 3. The number of pyridine rings is 1. The van der Waals surface area contributed by atoms with E-state index in [1.165, 1.54) is 14.9 Å². The second-order valence-electron chi connectivity index (χ2n) is 4.58. The zero-order valence-corrected chi connectivity index (χ0v) is 13.7. The molecule has 4 heteroatoms. The molecule has 2 heterocycles. The van der Waals surface area contributed by atoms with Crippen LogP contribution in [0.3, 0.4) is 0 Å². The number of aryl methyl sites for hydroxylation is 1. The summed E-state index contributed by atoms with van der Waals surface area (Å²) in [5.74, 6) is 0. The quantitative estimate of drug-likeness (QED) is 0.838. The number of hydrogen-bond donors (Lipinski definition) is 1. The molecule has 2 aromatic rings. The smallest absolute Gasteiger partial charge is 0.0420 e. The number of aromatic nitrogens is 1. The average molecular weight is 339 g/mol. The molecular formula is C15H19BrN2S. The van der Waals surface area contributed by atoms with E-state index in [0.29, 0.717) is 6.04 Å². The van der Waals surface area contributed by atoms with Crippen LogP contribution in [-0.4, -0.2) is 11.5 Å². The van der Waals surface area contributed by atoms with Crippen LogP contribution in [0.2, 0.25) is 0 Å². The molecule has 1 atom stereocenters. The third-order valence-electron chi connectivity index (χ3n) is 3.14. The summed E-state index contributed by atoms with van der Waals surface area (Å²) in [6, 6.07) is 6.65. The highest BCUT2D eigenvalue weighted by molar-refractivity contribution is 9.10. The highest BCUT2D eigenvalue weighted by Gasteiger charge is 2.16. The van der Waals surface area contributed by atoms with Gasteiger partial charge in [0.25, 0.3) is 0 Å². The molecular weight excluding hydrogens is 320 g/mol. The Morgan fingerprint density at radius 1 is 1.42 bits per heavy atom. The summed E-state index contributed by atoms with van der Waals surface area (Å²) in [6.45, 7) is 5.31. The second-order valence-corrected chi connectivity index (χ2v) is 6.44. The van der Waals surface area contributed by atoms with Crippen molar-refractivity contribution in [2.75, 3.05) is 6.54 Å². The SMILES string of the molecule is CCCNC(Cc1sccc1Br)c1cccnc1C. The van der Waals surface area contributed by atoms with Crippen LogP contribution < -0.4 is 5.32 Å². The second kappa shape index (κ2) is 7.17. The molecule has 0 aliphatic carbocycles. The molecule has 0 aliphatic heterocycles. The summed E-state index contributed by atoms with van der Waals surface area (Å²) in [5, 5.41) is 5.77. The Labute approximate surface area is 127 Å². The fraction of sp³-hybridized carbons (Fsp3) is 0.400. The molecule has 0 radical (unpaired) electrons. The molecule has 0 fully saturated rings. The van der Waals surface area contributed by atoms with E-state index in [0.717, 1.165) is 25.1 Å². The molecule has 0 aliphatic rings. The molecule has 0 spiro atoms. The third-order valence-corrected chi connectivity index (χ3v) is 5.09. The first kappa shape index (κ1) is 14.7. The lowest BCUT2D eigenvalue weighted by Crippen LogP contribution is -2.24. The van der Waals surface area contributed by atoms with Crippen LogP contribution in [0.15, 0.2) is 34.2 Å². The van der Waals surface area contributed by atoms with Crippen molar-refractivity contribution in [1.82, 2.24) is 10.3 Å². The molecule has 0 saturated carbocycles. The molecule has 2 aromatic heterocycles. The van der Waals surface area contributed by atoms with Gasteiger partial charge in [-0.2, -0.15) is 0 Å². The van der Waals surface area contributed by atoms with Crippen LogP contribution in [0.1, 0.15) is 35.5 Å². The third kappa shape index (κ3) is 3.88. The first-order valence-corrected chi connectivity index (χ1v) is 8.26. The minimum Gasteiger partial charge on any atom is -0.310 e. The van der Waals surface area contributed by atoms with Gasteiger partial charge in [0, 0.05) is 33.7 Å². The maximum absolute atomic E-state index is 4.41. The van der Waals surface area contributed by atoms with Crippen molar-refractivity contribution >= 4 is 27.3 Å². The molecule has 0 saturated heterocycles. The van der Waals surface area contributed by atoms with Crippen LogP contribution in [0, 0.1) is 6.92 Å². The molecule has 102 valence electrons. The minimum atomic E-state index is 0.337. The van der Waals surface area contributed by atoms with Gasteiger partial charge in [-0.25, -0.2) is 0 Å². The van der Waals surface area contributed by atoms with Crippen molar-refractivity contribution in [3.8, 4) is 0 Å². The van der Waals surface area contributed by atoms with Crippen LogP contribution in [-0.2, 0) is 6.42 Å². The fourth-order valence-corrected chi connectivity index (χ4v) is 3.69. The summed E-state index contributed by atoms with van der Waals surface area (Å²) in [5.41, 5.74) is 2.42. The summed E-state index contributed by atoms with van der Waals surface area (Å²) >= 11 is 5.43. The van der Waals surface area contributed by atoms with Crippen molar-refractivity contribution in [2.45, 2.75) is 32.7 Å². The van der Waals surface area contributed by atoms with Crippen molar-refractivity contribution in [2.24, 2.45) is 0 Å². The zero-order chi connectivity index (χ0) is 13.7. The predicted molar refractivity (Wildman–Crippen MR) is 85.7 cm³/mol. The van der Waals surface area contributed by atoms with Crippen LogP contribution in [0.4, 0.5) is 0 Å². The van der Waals surface area contributed by atoms with Crippen LogP contribution in [0.5, 0.6) is 0 Å². The van der Waals surface area contributed by atoms with E-state index >= 15 is 0 Å². The van der Waals surface area contributed by atoms with Crippen molar-refractivity contribution in [3.05, 3.63) is 50.4 Å². The van der Waals surface area contributed by atoms with E-state index in [9.17, 15) is 0 Å². The van der Waals surface area contributed by atoms with Gasteiger partial charge in [0.05, 0.1) is 0 Å². The summed E-state index contributed by atoms with van der Waals surface area (Å²) in [4.78, 5) is 5.80. The molecule has 1 unspecified atom stereocenters. The lowest BCUT2D eigenvalue weighted by atomic mass is 10.0. The molecule has 0 amide bonds. The highest BCUT2D eigenvalue weighted by atomic mass is 79.9. The first-order chi connectivity index (χ1) is 9.22. The molecule has 0 bridgehead atoms. The maximum atomic E-state index is 4.41. The first-order valence-electron chi connectivity index (χ1n) is 6.59. The summed E-state index contributed by atoms with van der Waals surface area (Å²) < 4.78 is 1.21. The van der Waals surface area contributed by atoms with Gasteiger partial charge in [-0.15, -0.1) is 11.3 Å². The van der Waals surface area contributed by atoms with E-state index in [-0.39, 0.29) is 0 Å². The lowest BCUT2D eigenvalue weighted by Gasteiger charge is -2.20. The monoisotopic (exact) mass is 338 g/mol. The van der Waals surface area contributed by atoms with Crippen LogP contribution >= 0.6 is 27.3 Å². The van der Waals surface area contributed by atoms with E-state index in [2.05, 4.69) is 57.6 Å². The van der Waals surface area contributed by atoms with Gasteiger partial charge in [-0.05, 0) is 58.9 Å². The number of halogens is 1.